The van der Waals surface area contributed by atoms with Gasteiger partial charge >= 0.3 is 0 Å². The maximum atomic E-state index is 12.7. The van der Waals surface area contributed by atoms with E-state index in [-0.39, 0.29) is 29.8 Å². The Bertz CT molecular complexity index is 422. The predicted molar refractivity (Wildman–Crippen MR) is 63.5 cm³/mol. The van der Waals surface area contributed by atoms with E-state index in [1.807, 2.05) is 6.92 Å². The number of halogens is 1. The monoisotopic (exact) mass is 253 g/mol. The Kier molecular flexibility index (Phi) is 3.88. The van der Waals surface area contributed by atoms with Gasteiger partial charge in [0.2, 0.25) is 0 Å². The third-order valence-corrected chi connectivity index (χ3v) is 3.00. The first-order chi connectivity index (χ1) is 8.61. The fraction of sp³-hybridized carbons (Fsp3) is 0.500. The van der Waals surface area contributed by atoms with Crippen LogP contribution in [0.25, 0.3) is 0 Å². The van der Waals surface area contributed by atoms with Crippen LogP contribution in [0.5, 0.6) is 0 Å². The molecular weight excluding hydrogens is 237 g/mol. The van der Waals surface area contributed by atoms with E-state index < -0.39 is 5.82 Å². The number of aromatic nitrogens is 1. The lowest BCUT2D eigenvalue weighted by Gasteiger charge is -2.42. The summed E-state index contributed by atoms with van der Waals surface area (Å²) in [5, 5.41) is 2.76. The van der Waals surface area contributed by atoms with E-state index in [0.717, 1.165) is 12.6 Å². The molecule has 1 aliphatic carbocycles. The molecule has 5 nitrogen and oxygen atoms in total. The predicted octanol–water partition coefficient (Wildman–Crippen LogP) is 0.455. The molecule has 0 spiro atoms. The lowest BCUT2D eigenvalue weighted by Crippen LogP contribution is -2.64. The van der Waals surface area contributed by atoms with E-state index in [2.05, 4.69) is 10.3 Å². The number of carbonyl (C=O) groups excluding carboxylic acids is 1. The fourth-order valence-corrected chi connectivity index (χ4v) is 1.96. The van der Waals surface area contributed by atoms with Gasteiger partial charge in [-0.05, 0) is 25.5 Å². The normalized spacial score (nSPS) is 26.5. The Morgan fingerprint density at radius 3 is 3.00 bits per heavy atom. The van der Waals surface area contributed by atoms with Crippen molar-refractivity contribution in [3.8, 4) is 0 Å². The average molecular weight is 253 g/mol. The highest BCUT2D eigenvalue weighted by Gasteiger charge is 2.40. The van der Waals surface area contributed by atoms with Gasteiger partial charge < -0.3 is 15.8 Å². The van der Waals surface area contributed by atoms with Gasteiger partial charge in [-0.1, -0.05) is 0 Å². The first kappa shape index (κ1) is 12.9. The lowest BCUT2D eigenvalue weighted by molar-refractivity contribution is -0.0300. The van der Waals surface area contributed by atoms with Gasteiger partial charge in [-0.2, -0.15) is 0 Å². The molecule has 1 aliphatic rings. The van der Waals surface area contributed by atoms with Crippen LogP contribution >= 0.6 is 0 Å². The Morgan fingerprint density at radius 1 is 1.67 bits per heavy atom. The zero-order chi connectivity index (χ0) is 13.1. The molecule has 0 radical (unpaired) electrons. The molecule has 1 amide bonds. The van der Waals surface area contributed by atoms with E-state index >= 15 is 0 Å². The van der Waals surface area contributed by atoms with Crippen LogP contribution in [0.1, 0.15) is 23.8 Å². The average Bonchev–Trinajstić information content (AvgIpc) is 2.36. The SMILES string of the molecule is CCOC1CC(N)C1NC(=O)c1ccc(F)cn1. The van der Waals surface area contributed by atoms with Crippen LogP contribution in [0, 0.1) is 5.82 Å². The first-order valence-corrected chi connectivity index (χ1v) is 5.91. The molecular formula is C12H16FN3O2. The van der Waals surface area contributed by atoms with Gasteiger partial charge in [-0.25, -0.2) is 9.37 Å². The van der Waals surface area contributed by atoms with Crippen LogP contribution in [0.4, 0.5) is 4.39 Å². The van der Waals surface area contributed by atoms with Crippen LogP contribution in [-0.2, 0) is 4.74 Å². The van der Waals surface area contributed by atoms with Crippen molar-refractivity contribution in [2.75, 3.05) is 6.61 Å². The number of hydrogen-bond donors (Lipinski definition) is 2. The molecule has 1 fully saturated rings. The Balaban J connectivity index is 1.96. The highest BCUT2D eigenvalue weighted by Crippen LogP contribution is 2.22. The van der Waals surface area contributed by atoms with Gasteiger partial charge in [0.15, 0.2) is 0 Å². The zero-order valence-electron chi connectivity index (χ0n) is 10.1. The summed E-state index contributed by atoms with van der Waals surface area (Å²) in [4.78, 5) is 15.6. The molecule has 0 aromatic carbocycles. The second-order valence-electron chi connectivity index (χ2n) is 4.25. The van der Waals surface area contributed by atoms with E-state index in [1.54, 1.807) is 0 Å². The quantitative estimate of drug-likeness (QED) is 0.817. The van der Waals surface area contributed by atoms with Crippen molar-refractivity contribution in [1.82, 2.24) is 10.3 Å². The summed E-state index contributed by atoms with van der Waals surface area (Å²) in [7, 11) is 0. The van der Waals surface area contributed by atoms with E-state index in [0.29, 0.717) is 6.61 Å². The van der Waals surface area contributed by atoms with Crippen molar-refractivity contribution in [3.05, 3.63) is 29.8 Å². The molecule has 3 atom stereocenters. The number of rotatable bonds is 4. The summed E-state index contributed by atoms with van der Waals surface area (Å²) < 4.78 is 18.1. The third-order valence-electron chi connectivity index (χ3n) is 3.00. The minimum Gasteiger partial charge on any atom is -0.376 e. The largest absolute Gasteiger partial charge is 0.376 e. The number of carbonyl (C=O) groups is 1. The first-order valence-electron chi connectivity index (χ1n) is 5.91. The lowest BCUT2D eigenvalue weighted by atomic mass is 9.83. The number of pyridine rings is 1. The summed E-state index contributed by atoms with van der Waals surface area (Å²) in [6.45, 7) is 2.48. The van der Waals surface area contributed by atoms with Crippen LogP contribution in [-0.4, -0.2) is 35.7 Å². The summed E-state index contributed by atoms with van der Waals surface area (Å²) >= 11 is 0. The summed E-state index contributed by atoms with van der Waals surface area (Å²) in [6, 6.07) is 2.22. The highest BCUT2D eigenvalue weighted by atomic mass is 19.1. The molecule has 3 N–H and O–H groups in total. The van der Waals surface area contributed by atoms with Gasteiger partial charge in [-0.3, -0.25) is 4.79 Å². The number of nitrogens with zero attached hydrogens (tertiary/aromatic N) is 1. The van der Waals surface area contributed by atoms with Gasteiger partial charge in [0.1, 0.15) is 11.5 Å². The molecule has 0 aliphatic heterocycles. The van der Waals surface area contributed by atoms with Crippen LogP contribution < -0.4 is 11.1 Å². The minimum atomic E-state index is -0.473. The number of amides is 1. The third kappa shape index (κ3) is 2.65. The molecule has 98 valence electrons. The molecule has 3 unspecified atom stereocenters. The second kappa shape index (κ2) is 5.41. The minimum absolute atomic E-state index is 0.0469. The Morgan fingerprint density at radius 2 is 2.44 bits per heavy atom. The van der Waals surface area contributed by atoms with Crippen molar-refractivity contribution in [2.45, 2.75) is 31.5 Å². The van der Waals surface area contributed by atoms with Crippen LogP contribution in [0.3, 0.4) is 0 Å². The Hall–Kier alpha value is -1.53. The van der Waals surface area contributed by atoms with Gasteiger partial charge in [-0.15, -0.1) is 0 Å². The highest BCUT2D eigenvalue weighted by molar-refractivity contribution is 5.92. The van der Waals surface area contributed by atoms with Crippen molar-refractivity contribution in [1.29, 1.82) is 0 Å². The molecule has 6 heteroatoms. The van der Waals surface area contributed by atoms with Crippen molar-refractivity contribution >= 4 is 5.91 Å². The molecule has 0 bridgehead atoms. The molecule has 1 saturated carbocycles. The van der Waals surface area contributed by atoms with Gasteiger partial charge in [0.05, 0.1) is 18.3 Å². The van der Waals surface area contributed by atoms with E-state index in [9.17, 15) is 9.18 Å². The number of hydrogen-bond acceptors (Lipinski definition) is 4. The van der Waals surface area contributed by atoms with Gasteiger partial charge in [0.25, 0.3) is 5.91 Å². The summed E-state index contributed by atoms with van der Waals surface area (Å²) in [5.41, 5.74) is 5.99. The maximum absolute atomic E-state index is 12.7. The zero-order valence-corrected chi connectivity index (χ0v) is 10.1. The van der Waals surface area contributed by atoms with Crippen molar-refractivity contribution < 1.29 is 13.9 Å². The van der Waals surface area contributed by atoms with Crippen LogP contribution in [0.2, 0.25) is 0 Å². The second-order valence-corrected chi connectivity index (χ2v) is 4.25. The summed E-state index contributed by atoms with van der Waals surface area (Å²) in [6.07, 6.45) is 1.69. The topological polar surface area (TPSA) is 77.2 Å². The molecule has 1 aromatic rings. The molecule has 2 rings (SSSR count). The molecule has 1 aromatic heterocycles. The van der Waals surface area contributed by atoms with E-state index in [4.69, 9.17) is 10.5 Å². The maximum Gasteiger partial charge on any atom is 0.270 e. The molecule has 18 heavy (non-hydrogen) atoms. The van der Waals surface area contributed by atoms with Gasteiger partial charge in [0, 0.05) is 12.6 Å². The number of nitrogens with two attached hydrogens (primary N) is 1. The molecule has 1 heterocycles. The number of ether oxygens (including phenoxy) is 1. The fourth-order valence-electron chi connectivity index (χ4n) is 1.96. The van der Waals surface area contributed by atoms with E-state index in [1.165, 1.54) is 12.1 Å². The van der Waals surface area contributed by atoms with Crippen molar-refractivity contribution in [3.63, 3.8) is 0 Å². The molecule has 0 saturated heterocycles. The van der Waals surface area contributed by atoms with Crippen molar-refractivity contribution in [2.24, 2.45) is 5.73 Å². The van der Waals surface area contributed by atoms with Crippen LogP contribution in [0.15, 0.2) is 18.3 Å². The standard InChI is InChI=1S/C12H16FN3O2/c1-2-18-10-5-8(14)11(10)16-12(17)9-4-3-7(13)6-15-9/h3-4,6,8,10-11H,2,5,14H2,1H3,(H,16,17). The number of nitrogens with one attached hydrogen (secondary N) is 1. The Labute approximate surface area is 105 Å². The summed E-state index contributed by atoms with van der Waals surface area (Å²) in [5.74, 6) is -0.834. The smallest absolute Gasteiger partial charge is 0.270 e.